The Morgan fingerprint density at radius 3 is 2.88 bits per heavy atom. The molecule has 2 heterocycles. The highest BCUT2D eigenvalue weighted by Gasteiger charge is 2.26. The largest absolute Gasteiger partial charge is 0.444 e. The average molecular weight is 352 g/mol. The van der Waals surface area contributed by atoms with Crippen LogP contribution >= 0.6 is 0 Å². The van der Waals surface area contributed by atoms with Gasteiger partial charge in [0, 0.05) is 26.6 Å². The van der Waals surface area contributed by atoms with Crippen molar-refractivity contribution in [3.05, 3.63) is 11.7 Å². The third-order valence-electron chi connectivity index (χ3n) is 4.18. The first kappa shape index (κ1) is 19.7. The predicted molar refractivity (Wildman–Crippen MR) is 95.2 cm³/mol. The van der Waals surface area contributed by atoms with Crippen molar-refractivity contribution < 1.29 is 14.1 Å². The second kappa shape index (κ2) is 8.65. The number of rotatable bonds is 6. The first-order valence-electron chi connectivity index (χ1n) is 9.24. The minimum Gasteiger partial charge on any atom is -0.444 e. The molecule has 1 saturated heterocycles. The number of carbonyl (C=O) groups excluding carboxylic acids is 1. The molecule has 0 aliphatic carbocycles. The maximum atomic E-state index is 12.1. The molecule has 1 aromatic rings. The Hall–Kier alpha value is -1.63. The van der Waals surface area contributed by atoms with E-state index in [0.717, 1.165) is 50.5 Å². The van der Waals surface area contributed by atoms with Crippen LogP contribution in [-0.2, 0) is 17.7 Å². The first-order valence-corrected chi connectivity index (χ1v) is 9.24. The van der Waals surface area contributed by atoms with Crippen molar-refractivity contribution in [3.63, 3.8) is 0 Å². The number of hydrogen-bond donors (Lipinski definition) is 0. The highest BCUT2D eigenvalue weighted by Crippen LogP contribution is 2.20. The van der Waals surface area contributed by atoms with Gasteiger partial charge in [0.25, 0.3) is 0 Å². The predicted octanol–water partition coefficient (Wildman–Crippen LogP) is 3.10. The minimum atomic E-state index is -0.460. The van der Waals surface area contributed by atoms with Gasteiger partial charge in [-0.25, -0.2) is 4.79 Å². The van der Waals surface area contributed by atoms with Crippen LogP contribution in [0.2, 0.25) is 0 Å². The van der Waals surface area contributed by atoms with Crippen molar-refractivity contribution in [2.24, 2.45) is 5.92 Å². The average Bonchev–Trinajstić information content (AvgIpc) is 2.93. The summed E-state index contributed by atoms with van der Waals surface area (Å²) in [6.45, 7) is 11.1. The van der Waals surface area contributed by atoms with Crippen molar-refractivity contribution in [2.75, 3.05) is 26.7 Å². The van der Waals surface area contributed by atoms with E-state index in [4.69, 9.17) is 9.26 Å². The Morgan fingerprint density at radius 2 is 2.20 bits per heavy atom. The fraction of sp³-hybridized carbons (Fsp3) is 0.833. The van der Waals surface area contributed by atoms with Crippen LogP contribution in [0, 0.1) is 5.92 Å². The Labute approximate surface area is 150 Å². The lowest BCUT2D eigenvalue weighted by Gasteiger charge is -2.34. The van der Waals surface area contributed by atoms with Crippen molar-refractivity contribution in [1.29, 1.82) is 0 Å². The van der Waals surface area contributed by atoms with Gasteiger partial charge in [-0.1, -0.05) is 12.1 Å². The quantitative estimate of drug-likeness (QED) is 0.783. The van der Waals surface area contributed by atoms with E-state index >= 15 is 0 Å². The molecule has 0 aromatic carbocycles. The van der Waals surface area contributed by atoms with Crippen LogP contribution in [0.25, 0.3) is 0 Å². The molecular formula is C18H32N4O3. The number of aromatic nitrogens is 2. The summed E-state index contributed by atoms with van der Waals surface area (Å²) in [7, 11) is 1.81. The fourth-order valence-corrected chi connectivity index (χ4v) is 3.12. The van der Waals surface area contributed by atoms with Crippen LogP contribution < -0.4 is 0 Å². The lowest BCUT2D eigenvalue weighted by atomic mass is 9.97. The number of amides is 1. The van der Waals surface area contributed by atoms with Gasteiger partial charge in [-0.15, -0.1) is 0 Å². The molecular weight excluding hydrogens is 320 g/mol. The number of aryl methyl sites for hydroxylation is 1. The van der Waals surface area contributed by atoms with E-state index in [9.17, 15) is 4.79 Å². The highest BCUT2D eigenvalue weighted by atomic mass is 16.6. The van der Waals surface area contributed by atoms with E-state index in [0.29, 0.717) is 19.0 Å². The van der Waals surface area contributed by atoms with Crippen molar-refractivity contribution in [3.8, 4) is 0 Å². The summed E-state index contributed by atoms with van der Waals surface area (Å²) in [5.74, 6) is 1.91. The molecule has 1 unspecified atom stereocenters. The van der Waals surface area contributed by atoms with Crippen LogP contribution in [0.15, 0.2) is 4.52 Å². The summed E-state index contributed by atoms with van der Waals surface area (Å²) in [4.78, 5) is 20.6. The second-order valence-electron chi connectivity index (χ2n) is 7.96. The van der Waals surface area contributed by atoms with Gasteiger partial charge in [-0.3, -0.25) is 4.90 Å². The maximum Gasteiger partial charge on any atom is 0.410 e. The zero-order valence-corrected chi connectivity index (χ0v) is 16.2. The van der Waals surface area contributed by atoms with Crippen LogP contribution in [0.4, 0.5) is 4.79 Å². The van der Waals surface area contributed by atoms with Gasteiger partial charge >= 0.3 is 6.09 Å². The summed E-state index contributed by atoms with van der Waals surface area (Å²) in [6, 6.07) is 0. The Kier molecular flexibility index (Phi) is 6.81. The first-order chi connectivity index (χ1) is 11.8. The fourth-order valence-electron chi connectivity index (χ4n) is 3.12. The molecule has 7 heteroatoms. The van der Waals surface area contributed by atoms with Gasteiger partial charge in [0.15, 0.2) is 5.82 Å². The number of hydrogen-bond acceptors (Lipinski definition) is 6. The summed E-state index contributed by atoms with van der Waals surface area (Å²) in [6.07, 6.45) is 3.82. The number of ether oxygens (including phenoxy) is 1. The molecule has 1 aliphatic rings. The minimum absolute atomic E-state index is 0.257. The molecule has 0 saturated carbocycles. The molecule has 0 radical (unpaired) electrons. The lowest BCUT2D eigenvalue weighted by Crippen LogP contribution is -2.42. The third kappa shape index (κ3) is 6.65. The molecule has 1 aromatic heterocycles. The summed E-state index contributed by atoms with van der Waals surface area (Å²) in [5, 5.41) is 4.07. The van der Waals surface area contributed by atoms with Gasteiger partial charge < -0.3 is 14.2 Å². The van der Waals surface area contributed by atoms with E-state index in [-0.39, 0.29) is 6.09 Å². The second-order valence-corrected chi connectivity index (χ2v) is 7.96. The molecule has 1 aliphatic heterocycles. The van der Waals surface area contributed by atoms with Gasteiger partial charge in [0.2, 0.25) is 5.89 Å². The Bertz CT molecular complexity index is 553. The molecule has 0 bridgehead atoms. The van der Waals surface area contributed by atoms with Crippen molar-refractivity contribution >= 4 is 6.09 Å². The van der Waals surface area contributed by atoms with Gasteiger partial charge in [0.1, 0.15) is 5.60 Å². The molecule has 1 fully saturated rings. The third-order valence-corrected chi connectivity index (χ3v) is 4.18. The zero-order chi connectivity index (χ0) is 18.4. The molecule has 1 amide bonds. The Morgan fingerprint density at radius 1 is 1.44 bits per heavy atom. The maximum absolute atomic E-state index is 12.1. The number of piperidine rings is 1. The molecule has 0 N–H and O–H groups in total. The van der Waals surface area contributed by atoms with Gasteiger partial charge in [0.05, 0.1) is 6.54 Å². The van der Waals surface area contributed by atoms with Crippen LogP contribution in [-0.4, -0.2) is 58.3 Å². The molecule has 1 atom stereocenters. The van der Waals surface area contributed by atoms with E-state index < -0.39 is 5.60 Å². The smallest absolute Gasteiger partial charge is 0.410 e. The number of nitrogens with zero attached hydrogens (tertiary/aromatic N) is 4. The molecule has 25 heavy (non-hydrogen) atoms. The van der Waals surface area contributed by atoms with Gasteiger partial charge in [-0.05, 0) is 52.5 Å². The molecule has 7 nitrogen and oxygen atoms in total. The van der Waals surface area contributed by atoms with E-state index in [1.54, 1.807) is 4.90 Å². The van der Waals surface area contributed by atoms with E-state index in [1.165, 1.54) is 0 Å². The molecule has 0 spiro atoms. The zero-order valence-electron chi connectivity index (χ0n) is 16.2. The Balaban J connectivity index is 1.82. The number of likely N-dealkylation sites (tertiary alicyclic amines) is 1. The summed E-state index contributed by atoms with van der Waals surface area (Å²) >= 11 is 0. The summed E-state index contributed by atoms with van der Waals surface area (Å²) < 4.78 is 10.7. The van der Waals surface area contributed by atoms with E-state index in [2.05, 4.69) is 22.0 Å². The van der Waals surface area contributed by atoms with E-state index in [1.807, 2.05) is 27.8 Å². The highest BCUT2D eigenvalue weighted by molar-refractivity contribution is 5.67. The van der Waals surface area contributed by atoms with Crippen LogP contribution in [0.5, 0.6) is 0 Å². The topological polar surface area (TPSA) is 71.7 Å². The normalized spacial score (nSPS) is 19.0. The number of carbonyl (C=O) groups is 1. The van der Waals surface area contributed by atoms with Crippen molar-refractivity contribution in [2.45, 2.75) is 65.5 Å². The van der Waals surface area contributed by atoms with Crippen LogP contribution in [0.3, 0.4) is 0 Å². The molecule has 2 rings (SSSR count). The lowest BCUT2D eigenvalue weighted by molar-refractivity contribution is 0.0240. The monoisotopic (exact) mass is 352 g/mol. The van der Waals surface area contributed by atoms with Crippen LogP contribution in [0.1, 0.15) is 58.7 Å². The SMILES string of the molecule is CCCc1nc(CN2CCCC(CN(C)C(=O)OC(C)(C)C)C2)no1. The molecule has 142 valence electrons. The van der Waals surface area contributed by atoms with Gasteiger partial charge in [-0.2, -0.15) is 4.98 Å². The summed E-state index contributed by atoms with van der Waals surface area (Å²) in [5.41, 5.74) is -0.460. The van der Waals surface area contributed by atoms with Crippen molar-refractivity contribution in [1.82, 2.24) is 19.9 Å². The standard InChI is InChI=1S/C18H32N4O3/c1-6-8-16-19-15(20-25-16)13-22-10-7-9-14(12-22)11-21(5)17(23)24-18(2,3)4/h14H,6-13H2,1-5H3.